The number of carbonyl (C=O) groups excluding carboxylic acids is 1. The van der Waals surface area contributed by atoms with Gasteiger partial charge in [0.25, 0.3) is 0 Å². The molecule has 3 nitrogen and oxygen atoms in total. The Hall–Kier alpha value is -0.570. The SMILES string of the molecule is COC(=O)C(C)C(C)N[C@@H](C)C1CCCC1. The molecule has 0 aromatic heterocycles. The number of hydrogen-bond acceptors (Lipinski definition) is 3. The zero-order valence-electron chi connectivity index (χ0n) is 11.0. The largest absolute Gasteiger partial charge is 0.469 e. The van der Waals surface area contributed by atoms with Crippen LogP contribution in [-0.4, -0.2) is 25.2 Å². The quantitative estimate of drug-likeness (QED) is 0.733. The van der Waals surface area contributed by atoms with Gasteiger partial charge in [0.15, 0.2) is 0 Å². The van der Waals surface area contributed by atoms with E-state index in [4.69, 9.17) is 4.74 Å². The molecule has 0 amide bonds. The van der Waals surface area contributed by atoms with Crippen LogP contribution in [0.5, 0.6) is 0 Å². The van der Waals surface area contributed by atoms with Crippen LogP contribution in [0.4, 0.5) is 0 Å². The molecule has 0 saturated heterocycles. The molecule has 0 heterocycles. The van der Waals surface area contributed by atoms with Crippen LogP contribution in [0.15, 0.2) is 0 Å². The molecular weight excluding hydrogens is 202 g/mol. The average molecular weight is 227 g/mol. The average Bonchev–Trinajstić information content (AvgIpc) is 2.80. The Kier molecular flexibility index (Phi) is 5.26. The Bertz CT molecular complexity index is 224. The molecule has 0 spiro atoms. The molecule has 0 bridgehead atoms. The first-order valence-electron chi connectivity index (χ1n) is 6.40. The predicted molar refractivity (Wildman–Crippen MR) is 65.2 cm³/mol. The number of esters is 1. The van der Waals surface area contributed by atoms with E-state index in [0.717, 1.165) is 5.92 Å². The van der Waals surface area contributed by atoms with E-state index in [-0.39, 0.29) is 17.9 Å². The van der Waals surface area contributed by atoms with Crippen molar-refractivity contribution in [3.8, 4) is 0 Å². The fraction of sp³-hybridized carbons (Fsp3) is 0.923. The van der Waals surface area contributed by atoms with Crippen molar-refractivity contribution in [2.24, 2.45) is 11.8 Å². The first-order chi connectivity index (χ1) is 7.56. The molecule has 1 aliphatic rings. The summed E-state index contributed by atoms with van der Waals surface area (Å²) in [5, 5.41) is 3.54. The highest BCUT2D eigenvalue weighted by Crippen LogP contribution is 2.28. The third-order valence-corrected chi connectivity index (χ3v) is 3.96. The number of rotatable bonds is 5. The van der Waals surface area contributed by atoms with Crippen molar-refractivity contribution in [3.63, 3.8) is 0 Å². The van der Waals surface area contributed by atoms with E-state index in [1.807, 2.05) is 6.92 Å². The lowest BCUT2D eigenvalue weighted by Crippen LogP contribution is -2.44. The molecule has 1 rings (SSSR count). The molecule has 1 aliphatic carbocycles. The molecule has 16 heavy (non-hydrogen) atoms. The summed E-state index contributed by atoms with van der Waals surface area (Å²) in [6, 6.07) is 0.688. The molecule has 0 aromatic rings. The Labute approximate surface area is 98.9 Å². The summed E-state index contributed by atoms with van der Waals surface area (Å²) in [6.45, 7) is 6.22. The van der Waals surface area contributed by atoms with E-state index in [1.165, 1.54) is 32.8 Å². The maximum absolute atomic E-state index is 11.4. The highest BCUT2D eigenvalue weighted by molar-refractivity contribution is 5.72. The van der Waals surface area contributed by atoms with Crippen molar-refractivity contribution in [2.75, 3.05) is 7.11 Å². The summed E-state index contributed by atoms with van der Waals surface area (Å²) in [7, 11) is 1.45. The van der Waals surface area contributed by atoms with Crippen LogP contribution in [-0.2, 0) is 9.53 Å². The fourth-order valence-electron chi connectivity index (χ4n) is 2.54. The zero-order valence-corrected chi connectivity index (χ0v) is 11.0. The summed E-state index contributed by atoms with van der Waals surface area (Å²) in [6.07, 6.45) is 5.37. The maximum atomic E-state index is 11.4. The summed E-state index contributed by atoms with van der Waals surface area (Å²) in [5.74, 6) is 0.583. The van der Waals surface area contributed by atoms with Gasteiger partial charge in [0, 0.05) is 12.1 Å². The minimum atomic E-state index is -0.126. The third-order valence-electron chi connectivity index (χ3n) is 3.96. The van der Waals surface area contributed by atoms with Crippen molar-refractivity contribution in [1.82, 2.24) is 5.32 Å². The topological polar surface area (TPSA) is 38.3 Å². The van der Waals surface area contributed by atoms with Crippen LogP contribution < -0.4 is 5.32 Å². The Balaban J connectivity index is 2.37. The summed E-state index contributed by atoms with van der Waals surface area (Å²) >= 11 is 0. The van der Waals surface area contributed by atoms with E-state index in [0.29, 0.717) is 6.04 Å². The Morgan fingerprint density at radius 3 is 2.31 bits per heavy atom. The van der Waals surface area contributed by atoms with E-state index in [1.54, 1.807) is 0 Å². The number of ether oxygens (including phenoxy) is 1. The van der Waals surface area contributed by atoms with Gasteiger partial charge in [-0.2, -0.15) is 0 Å². The lowest BCUT2D eigenvalue weighted by atomic mass is 9.96. The second-order valence-electron chi connectivity index (χ2n) is 5.10. The van der Waals surface area contributed by atoms with Gasteiger partial charge in [0.1, 0.15) is 0 Å². The first kappa shape index (κ1) is 13.5. The van der Waals surface area contributed by atoms with Gasteiger partial charge >= 0.3 is 5.97 Å². The second-order valence-corrected chi connectivity index (χ2v) is 5.10. The van der Waals surface area contributed by atoms with Gasteiger partial charge in [-0.1, -0.05) is 19.8 Å². The normalized spacial score (nSPS) is 22.8. The first-order valence-corrected chi connectivity index (χ1v) is 6.40. The van der Waals surface area contributed by atoms with Gasteiger partial charge in [0.05, 0.1) is 13.0 Å². The molecular formula is C13H25NO2. The van der Waals surface area contributed by atoms with Gasteiger partial charge in [-0.3, -0.25) is 4.79 Å². The number of hydrogen-bond donors (Lipinski definition) is 1. The van der Waals surface area contributed by atoms with Crippen LogP contribution >= 0.6 is 0 Å². The van der Waals surface area contributed by atoms with Gasteiger partial charge in [-0.25, -0.2) is 0 Å². The minimum absolute atomic E-state index is 0.0751. The van der Waals surface area contributed by atoms with Crippen LogP contribution in [0, 0.1) is 11.8 Å². The smallest absolute Gasteiger partial charge is 0.309 e. The molecule has 1 fully saturated rings. The second kappa shape index (κ2) is 6.24. The van der Waals surface area contributed by atoms with Crippen molar-refractivity contribution in [1.29, 1.82) is 0 Å². The molecule has 3 atom stereocenters. The van der Waals surface area contributed by atoms with E-state index < -0.39 is 0 Å². The predicted octanol–water partition coefficient (Wildman–Crippen LogP) is 2.35. The highest BCUT2D eigenvalue weighted by atomic mass is 16.5. The highest BCUT2D eigenvalue weighted by Gasteiger charge is 2.26. The summed E-state index contributed by atoms with van der Waals surface area (Å²) in [4.78, 5) is 11.4. The molecule has 1 N–H and O–H groups in total. The molecule has 0 aromatic carbocycles. The van der Waals surface area contributed by atoms with Gasteiger partial charge in [-0.05, 0) is 32.6 Å². The summed E-state index contributed by atoms with van der Waals surface area (Å²) < 4.78 is 4.76. The molecule has 2 unspecified atom stereocenters. The lowest BCUT2D eigenvalue weighted by Gasteiger charge is -2.27. The number of methoxy groups -OCH3 is 1. The number of nitrogens with one attached hydrogen (secondary N) is 1. The van der Waals surface area contributed by atoms with Crippen LogP contribution in [0.3, 0.4) is 0 Å². The Morgan fingerprint density at radius 1 is 1.25 bits per heavy atom. The van der Waals surface area contributed by atoms with Crippen LogP contribution in [0.1, 0.15) is 46.5 Å². The van der Waals surface area contributed by atoms with E-state index in [9.17, 15) is 4.79 Å². The molecule has 3 heteroatoms. The van der Waals surface area contributed by atoms with Crippen LogP contribution in [0.2, 0.25) is 0 Å². The Morgan fingerprint density at radius 2 is 1.81 bits per heavy atom. The van der Waals surface area contributed by atoms with Gasteiger partial charge in [-0.15, -0.1) is 0 Å². The van der Waals surface area contributed by atoms with Crippen molar-refractivity contribution in [2.45, 2.75) is 58.5 Å². The van der Waals surface area contributed by atoms with Gasteiger partial charge in [0.2, 0.25) is 0 Å². The maximum Gasteiger partial charge on any atom is 0.309 e. The van der Waals surface area contributed by atoms with Crippen LogP contribution in [0.25, 0.3) is 0 Å². The molecule has 0 radical (unpaired) electrons. The molecule has 0 aliphatic heterocycles. The minimum Gasteiger partial charge on any atom is -0.469 e. The standard InChI is InChI=1S/C13H25NO2/c1-9(13(15)16-4)10(2)14-11(3)12-7-5-6-8-12/h9-12,14H,5-8H2,1-4H3/t9?,10?,11-/m0/s1. The third kappa shape index (κ3) is 3.48. The number of carbonyl (C=O) groups is 1. The van der Waals surface area contributed by atoms with Crippen molar-refractivity contribution in [3.05, 3.63) is 0 Å². The van der Waals surface area contributed by atoms with E-state index in [2.05, 4.69) is 19.2 Å². The van der Waals surface area contributed by atoms with E-state index >= 15 is 0 Å². The van der Waals surface area contributed by atoms with Crippen molar-refractivity contribution >= 4 is 5.97 Å². The lowest BCUT2D eigenvalue weighted by molar-refractivity contribution is -0.145. The monoisotopic (exact) mass is 227 g/mol. The molecule has 94 valence electrons. The summed E-state index contributed by atoms with van der Waals surface area (Å²) in [5.41, 5.74) is 0. The molecule has 1 saturated carbocycles. The van der Waals surface area contributed by atoms with Crippen molar-refractivity contribution < 1.29 is 9.53 Å². The fourth-order valence-corrected chi connectivity index (χ4v) is 2.54. The van der Waals surface area contributed by atoms with Gasteiger partial charge < -0.3 is 10.1 Å². The zero-order chi connectivity index (χ0) is 12.1.